The van der Waals surface area contributed by atoms with Gasteiger partial charge in [0.15, 0.2) is 0 Å². The van der Waals surface area contributed by atoms with Crippen molar-refractivity contribution >= 4 is 23.2 Å². The molecule has 0 saturated heterocycles. The third kappa shape index (κ3) is 2.19. The molecule has 0 bridgehead atoms. The molecule has 80 valence electrons. The molecule has 2 aromatic rings. The number of nitrogens with zero attached hydrogens (tertiary/aromatic N) is 2. The van der Waals surface area contributed by atoms with Crippen molar-refractivity contribution in [1.82, 2.24) is 9.97 Å². The first-order valence-corrected chi connectivity index (χ1v) is 5.32. The molecule has 1 aromatic carbocycles. The predicted molar refractivity (Wildman–Crippen MR) is 63.4 cm³/mol. The molecule has 0 aliphatic carbocycles. The Labute approximate surface area is 103 Å². The maximum Gasteiger partial charge on any atom is 0.120 e. The number of halogens is 2. The van der Waals surface area contributed by atoms with Crippen LogP contribution in [-0.4, -0.2) is 9.97 Å². The van der Waals surface area contributed by atoms with Crippen LogP contribution < -0.4 is 0 Å². The quantitative estimate of drug-likeness (QED) is 0.889. The number of hydrogen-bond acceptors (Lipinski definition) is 2. The molecule has 0 fully saturated rings. The Balaban J connectivity index is 2.39. The number of aromatic amines is 1. The largest absolute Gasteiger partial charge is 0.341 e. The Morgan fingerprint density at radius 1 is 1.38 bits per heavy atom. The lowest BCUT2D eigenvalue weighted by Crippen LogP contribution is -1.84. The van der Waals surface area contributed by atoms with Gasteiger partial charge in [0, 0.05) is 10.6 Å². The summed E-state index contributed by atoms with van der Waals surface area (Å²) in [6, 6.07) is 7.27. The second-order valence-corrected chi connectivity index (χ2v) is 4.05. The number of nitrogens with one attached hydrogen (secondary N) is 1. The van der Waals surface area contributed by atoms with Crippen LogP contribution in [0.4, 0.5) is 0 Å². The fourth-order valence-electron chi connectivity index (χ4n) is 1.37. The summed E-state index contributed by atoms with van der Waals surface area (Å²) in [6.07, 6.45) is 1.91. The van der Waals surface area contributed by atoms with E-state index in [0.717, 1.165) is 11.3 Å². The first-order chi connectivity index (χ1) is 7.70. The summed E-state index contributed by atoms with van der Waals surface area (Å²) in [4.78, 5) is 7.11. The van der Waals surface area contributed by atoms with Gasteiger partial charge in [-0.2, -0.15) is 5.26 Å². The fraction of sp³-hybridized carbons (Fsp3) is 0.0909. The van der Waals surface area contributed by atoms with E-state index in [1.807, 2.05) is 12.1 Å². The van der Waals surface area contributed by atoms with E-state index in [1.54, 1.807) is 18.3 Å². The second-order valence-electron chi connectivity index (χ2n) is 3.20. The minimum absolute atomic E-state index is 0.255. The molecule has 0 aliphatic rings. The number of H-pyrrole nitrogens is 1. The van der Waals surface area contributed by atoms with Crippen LogP contribution in [0.5, 0.6) is 0 Å². The van der Waals surface area contributed by atoms with E-state index >= 15 is 0 Å². The zero-order valence-corrected chi connectivity index (χ0v) is 9.68. The van der Waals surface area contributed by atoms with Gasteiger partial charge in [-0.25, -0.2) is 4.98 Å². The topological polar surface area (TPSA) is 52.5 Å². The van der Waals surface area contributed by atoms with Crippen LogP contribution >= 0.6 is 23.2 Å². The zero-order valence-electron chi connectivity index (χ0n) is 8.17. The lowest BCUT2D eigenvalue weighted by atomic mass is 10.2. The van der Waals surface area contributed by atoms with Crippen molar-refractivity contribution in [2.75, 3.05) is 0 Å². The Hall–Kier alpha value is -1.50. The van der Waals surface area contributed by atoms with Crippen molar-refractivity contribution in [2.24, 2.45) is 0 Å². The van der Waals surface area contributed by atoms with Gasteiger partial charge >= 0.3 is 0 Å². The van der Waals surface area contributed by atoms with E-state index in [9.17, 15) is 0 Å². The molecular weight excluding hydrogens is 245 g/mol. The first-order valence-electron chi connectivity index (χ1n) is 4.57. The number of rotatable bonds is 2. The summed E-state index contributed by atoms with van der Waals surface area (Å²) in [7, 11) is 0. The summed E-state index contributed by atoms with van der Waals surface area (Å²) in [5.74, 6) is 0.628. The third-order valence-corrected chi connectivity index (χ3v) is 2.64. The van der Waals surface area contributed by atoms with Gasteiger partial charge in [0.05, 0.1) is 29.4 Å². The molecule has 3 nitrogen and oxygen atoms in total. The molecule has 16 heavy (non-hydrogen) atoms. The summed E-state index contributed by atoms with van der Waals surface area (Å²) >= 11 is 11.9. The number of benzene rings is 1. The standard InChI is InChI=1S/C11H7Cl2N3/c12-7-1-2-8(9(13)5-7)10-6-15-11(16-10)3-4-14/h1-2,5-6H,3H2,(H,15,16). The maximum absolute atomic E-state index is 8.54. The normalized spacial score (nSPS) is 10.1. The molecule has 1 heterocycles. The van der Waals surface area contributed by atoms with E-state index in [1.165, 1.54) is 0 Å². The molecule has 0 spiro atoms. The molecule has 1 N–H and O–H groups in total. The Morgan fingerprint density at radius 2 is 2.19 bits per heavy atom. The van der Waals surface area contributed by atoms with Crippen LogP contribution in [0.3, 0.4) is 0 Å². The van der Waals surface area contributed by atoms with E-state index in [4.69, 9.17) is 28.5 Å². The smallest absolute Gasteiger partial charge is 0.120 e. The van der Waals surface area contributed by atoms with E-state index in [2.05, 4.69) is 9.97 Å². The van der Waals surface area contributed by atoms with Crippen molar-refractivity contribution < 1.29 is 0 Å². The lowest BCUT2D eigenvalue weighted by Gasteiger charge is -2.01. The number of hydrogen-bond donors (Lipinski definition) is 1. The van der Waals surface area contributed by atoms with Gasteiger partial charge in [-0.1, -0.05) is 23.2 Å². The van der Waals surface area contributed by atoms with E-state index in [-0.39, 0.29) is 6.42 Å². The number of imidazole rings is 1. The van der Waals surface area contributed by atoms with E-state index < -0.39 is 0 Å². The van der Waals surface area contributed by atoms with Crippen LogP contribution in [0.1, 0.15) is 5.82 Å². The van der Waals surface area contributed by atoms with Crippen molar-refractivity contribution in [3.63, 3.8) is 0 Å². The molecule has 0 atom stereocenters. The van der Waals surface area contributed by atoms with Gasteiger partial charge in [-0.3, -0.25) is 0 Å². The molecule has 2 rings (SSSR count). The molecule has 5 heteroatoms. The molecule has 0 aliphatic heterocycles. The molecule has 0 amide bonds. The second kappa shape index (κ2) is 4.56. The maximum atomic E-state index is 8.54. The Bertz CT molecular complexity index is 555. The highest BCUT2D eigenvalue weighted by atomic mass is 35.5. The summed E-state index contributed by atoms with van der Waals surface area (Å²) < 4.78 is 0. The molecular formula is C11H7Cl2N3. The summed E-state index contributed by atoms with van der Waals surface area (Å²) in [6.45, 7) is 0. The molecule has 0 radical (unpaired) electrons. The van der Waals surface area contributed by atoms with Gasteiger partial charge in [-0.05, 0) is 18.2 Å². The van der Waals surface area contributed by atoms with Gasteiger partial charge in [-0.15, -0.1) is 0 Å². The predicted octanol–water partition coefficient (Wildman–Crippen LogP) is 3.45. The Kier molecular flexibility index (Phi) is 3.14. The van der Waals surface area contributed by atoms with Crippen molar-refractivity contribution in [1.29, 1.82) is 5.26 Å². The monoisotopic (exact) mass is 251 g/mol. The highest BCUT2D eigenvalue weighted by Gasteiger charge is 2.07. The zero-order chi connectivity index (χ0) is 11.5. The van der Waals surface area contributed by atoms with Crippen molar-refractivity contribution in [3.05, 3.63) is 40.3 Å². The van der Waals surface area contributed by atoms with Crippen LogP contribution in [0.25, 0.3) is 11.3 Å². The highest BCUT2D eigenvalue weighted by Crippen LogP contribution is 2.28. The van der Waals surface area contributed by atoms with Crippen LogP contribution in [0.15, 0.2) is 24.4 Å². The minimum Gasteiger partial charge on any atom is -0.341 e. The molecule has 0 unspecified atom stereocenters. The van der Waals surface area contributed by atoms with E-state index in [0.29, 0.717) is 15.9 Å². The average molecular weight is 252 g/mol. The van der Waals surface area contributed by atoms with Crippen molar-refractivity contribution in [2.45, 2.75) is 6.42 Å². The lowest BCUT2D eigenvalue weighted by molar-refractivity contribution is 1.06. The minimum atomic E-state index is 0.255. The van der Waals surface area contributed by atoms with Crippen LogP contribution in [0, 0.1) is 11.3 Å². The first kappa shape index (κ1) is 11.0. The molecule has 1 aromatic heterocycles. The number of aromatic nitrogens is 2. The van der Waals surface area contributed by atoms with Crippen LogP contribution in [0.2, 0.25) is 10.0 Å². The van der Waals surface area contributed by atoms with Gasteiger partial charge in [0.25, 0.3) is 0 Å². The highest BCUT2D eigenvalue weighted by molar-refractivity contribution is 6.36. The average Bonchev–Trinajstić information content (AvgIpc) is 2.67. The number of nitriles is 1. The van der Waals surface area contributed by atoms with Crippen LogP contribution in [-0.2, 0) is 6.42 Å². The summed E-state index contributed by atoms with van der Waals surface area (Å²) in [5.41, 5.74) is 1.61. The van der Waals surface area contributed by atoms with Gasteiger partial charge in [0.2, 0.25) is 0 Å². The molecule has 0 saturated carbocycles. The SMILES string of the molecule is N#CCc1ncc(-c2ccc(Cl)cc2Cl)[nH]1. The third-order valence-electron chi connectivity index (χ3n) is 2.10. The van der Waals surface area contributed by atoms with Crippen molar-refractivity contribution in [3.8, 4) is 17.3 Å². The van der Waals surface area contributed by atoms with Gasteiger partial charge < -0.3 is 4.98 Å². The Morgan fingerprint density at radius 3 is 2.88 bits per heavy atom. The van der Waals surface area contributed by atoms with Gasteiger partial charge in [0.1, 0.15) is 5.82 Å². The fourth-order valence-corrected chi connectivity index (χ4v) is 1.88. The summed E-state index contributed by atoms with van der Waals surface area (Å²) in [5, 5.41) is 9.68.